The maximum Gasteiger partial charge on any atom is 0.307 e. The molecule has 176 valence electrons. The minimum absolute atomic E-state index is 0.0881. The fraction of sp³-hybridized carbons (Fsp3) is 0.200. The molecule has 1 unspecified atom stereocenters. The number of amides is 2. The molecule has 0 spiro atoms. The molecule has 0 saturated heterocycles. The van der Waals surface area contributed by atoms with Crippen LogP contribution in [-0.4, -0.2) is 44.1 Å². The Bertz CT molecular complexity index is 1170. The molecule has 0 fully saturated rings. The van der Waals surface area contributed by atoms with Crippen LogP contribution in [0.25, 0.3) is 0 Å². The van der Waals surface area contributed by atoms with Crippen LogP contribution >= 0.6 is 0 Å². The molecule has 0 radical (unpaired) electrons. The van der Waals surface area contributed by atoms with Crippen molar-refractivity contribution < 1.29 is 28.6 Å². The second-order valence-electron chi connectivity index (χ2n) is 7.20. The maximum atomic E-state index is 13.0. The van der Waals surface area contributed by atoms with E-state index < -0.39 is 17.9 Å². The van der Waals surface area contributed by atoms with Crippen molar-refractivity contribution in [3.05, 3.63) is 83.7 Å². The molecule has 1 aromatic heterocycles. The van der Waals surface area contributed by atoms with Gasteiger partial charge in [-0.1, -0.05) is 12.1 Å². The number of carbonyl (C=O) groups excluding carboxylic acids is 3. The zero-order valence-electron chi connectivity index (χ0n) is 19.0. The largest absolute Gasteiger partial charge is 0.493 e. The number of nitrogens with one attached hydrogen (secondary N) is 2. The molecule has 2 aromatic carbocycles. The van der Waals surface area contributed by atoms with Gasteiger partial charge in [0.15, 0.2) is 11.5 Å². The zero-order valence-corrected chi connectivity index (χ0v) is 19.0. The first-order valence-corrected chi connectivity index (χ1v) is 10.4. The summed E-state index contributed by atoms with van der Waals surface area (Å²) in [6.45, 7) is 0. The van der Waals surface area contributed by atoms with E-state index in [2.05, 4.69) is 15.6 Å². The Morgan fingerprint density at radius 1 is 0.882 bits per heavy atom. The number of carbonyl (C=O) groups is 3. The van der Waals surface area contributed by atoms with Gasteiger partial charge in [-0.25, -0.2) is 0 Å². The highest BCUT2D eigenvalue weighted by Gasteiger charge is 2.21. The van der Waals surface area contributed by atoms with Gasteiger partial charge in [0.25, 0.3) is 11.8 Å². The molecule has 0 saturated carbocycles. The van der Waals surface area contributed by atoms with E-state index in [4.69, 9.17) is 14.2 Å². The standard InChI is InChI=1S/C25H25N3O6/c1-32-21-10-9-16(13-22(21)33-2)20(14-23(29)34-3)28-24(30)17-6-4-8-19(12-17)27-25(31)18-7-5-11-26-15-18/h4-13,15,20H,14H2,1-3H3,(H,27,31)(H,28,30). The molecular weight excluding hydrogens is 438 g/mol. The molecule has 0 bridgehead atoms. The summed E-state index contributed by atoms with van der Waals surface area (Å²) in [5.41, 5.74) is 1.78. The molecule has 9 heteroatoms. The monoisotopic (exact) mass is 463 g/mol. The minimum atomic E-state index is -0.687. The summed E-state index contributed by atoms with van der Waals surface area (Å²) in [7, 11) is 4.30. The Hall–Kier alpha value is -4.40. The van der Waals surface area contributed by atoms with Gasteiger partial charge < -0.3 is 24.8 Å². The Balaban J connectivity index is 1.80. The van der Waals surface area contributed by atoms with Crippen molar-refractivity contribution in [2.24, 2.45) is 0 Å². The number of pyridine rings is 1. The maximum absolute atomic E-state index is 13.0. The molecule has 2 N–H and O–H groups in total. The zero-order chi connectivity index (χ0) is 24.5. The molecule has 34 heavy (non-hydrogen) atoms. The first-order chi connectivity index (χ1) is 16.4. The van der Waals surface area contributed by atoms with Crippen molar-refractivity contribution in [1.82, 2.24) is 10.3 Å². The van der Waals surface area contributed by atoms with Gasteiger partial charge in [-0.15, -0.1) is 0 Å². The number of rotatable bonds is 9. The number of benzene rings is 2. The quantitative estimate of drug-likeness (QED) is 0.467. The third kappa shape index (κ3) is 6.10. The third-order valence-corrected chi connectivity index (χ3v) is 5.02. The van der Waals surface area contributed by atoms with Crippen LogP contribution in [0.1, 0.15) is 38.7 Å². The predicted molar refractivity (Wildman–Crippen MR) is 125 cm³/mol. The van der Waals surface area contributed by atoms with Crippen LogP contribution in [0.4, 0.5) is 5.69 Å². The summed E-state index contributed by atoms with van der Waals surface area (Å²) in [5, 5.41) is 5.60. The van der Waals surface area contributed by atoms with Crippen molar-refractivity contribution in [3.63, 3.8) is 0 Å². The van der Waals surface area contributed by atoms with Gasteiger partial charge >= 0.3 is 5.97 Å². The topological polar surface area (TPSA) is 116 Å². The van der Waals surface area contributed by atoms with Crippen LogP contribution < -0.4 is 20.1 Å². The van der Waals surface area contributed by atoms with E-state index in [9.17, 15) is 14.4 Å². The van der Waals surface area contributed by atoms with Gasteiger partial charge in [-0.3, -0.25) is 19.4 Å². The van der Waals surface area contributed by atoms with Crippen molar-refractivity contribution in [2.45, 2.75) is 12.5 Å². The smallest absolute Gasteiger partial charge is 0.307 e. The SMILES string of the molecule is COC(=O)CC(NC(=O)c1cccc(NC(=O)c2cccnc2)c1)c1ccc(OC)c(OC)c1. The highest BCUT2D eigenvalue weighted by atomic mass is 16.5. The normalized spacial score (nSPS) is 11.1. The van der Waals surface area contributed by atoms with Crippen molar-refractivity contribution >= 4 is 23.5 Å². The first-order valence-electron chi connectivity index (χ1n) is 10.4. The van der Waals surface area contributed by atoms with Crippen molar-refractivity contribution in [1.29, 1.82) is 0 Å². The van der Waals surface area contributed by atoms with Gasteiger partial charge in [0.1, 0.15) is 0 Å². The Kier molecular flexibility index (Phi) is 8.17. The highest BCUT2D eigenvalue weighted by molar-refractivity contribution is 6.05. The number of methoxy groups -OCH3 is 3. The van der Waals surface area contributed by atoms with Crippen LogP contribution in [0, 0.1) is 0 Å². The summed E-state index contributed by atoms with van der Waals surface area (Å²) in [6, 6.07) is 14.2. The van der Waals surface area contributed by atoms with Gasteiger partial charge in [-0.05, 0) is 48.0 Å². The van der Waals surface area contributed by atoms with Gasteiger partial charge in [0.2, 0.25) is 0 Å². The molecule has 1 atom stereocenters. The molecule has 0 aliphatic rings. The average Bonchev–Trinajstić information content (AvgIpc) is 2.88. The predicted octanol–water partition coefficient (Wildman–Crippen LogP) is 3.39. The lowest BCUT2D eigenvalue weighted by Crippen LogP contribution is -2.30. The Morgan fingerprint density at radius 2 is 1.65 bits per heavy atom. The van der Waals surface area contributed by atoms with Crippen LogP contribution in [-0.2, 0) is 9.53 Å². The number of hydrogen-bond acceptors (Lipinski definition) is 7. The lowest BCUT2D eigenvalue weighted by Gasteiger charge is -2.20. The highest BCUT2D eigenvalue weighted by Crippen LogP contribution is 2.31. The fourth-order valence-corrected chi connectivity index (χ4v) is 3.25. The fourth-order valence-electron chi connectivity index (χ4n) is 3.25. The summed E-state index contributed by atoms with van der Waals surface area (Å²) >= 11 is 0. The molecule has 9 nitrogen and oxygen atoms in total. The molecule has 2 amide bonds. The second-order valence-corrected chi connectivity index (χ2v) is 7.20. The Labute approximate surface area is 197 Å². The third-order valence-electron chi connectivity index (χ3n) is 5.02. The number of ether oxygens (including phenoxy) is 3. The number of nitrogens with zero attached hydrogens (tertiary/aromatic N) is 1. The van der Waals surface area contributed by atoms with E-state index in [1.165, 1.54) is 27.5 Å². The van der Waals surface area contributed by atoms with Crippen molar-refractivity contribution in [3.8, 4) is 11.5 Å². The van der Waals surface area contributed by atoms with Gasteiger partial charge in [0, 0.05) is 23.6 Å². The lowest BCUT2D eigenvalue weighted by molar-refractivity contribution is -0.141. The molecule has 0 aliphatic carbocycles. The van der Waals surface area contributed by atoms with E-state index in [0.717, 1.165) is 0 Å². The molecular formula is C25H25N3O6. The van der Waals surface area contributed by atoms with E-state index in [-0.39, 0.29) is 12.3 Å². The lowest BCUT2D eigenvalue weighted by atomic mass is 10.0. The number of aromatic nitrogens is 1. The Morgan fingerprint density at radius 3 is 2.32 bits per heavy atom. The molecule has 0 aliphatic heterocycles. The number of hydrogen-bond donors (Lipinski definition) is 2. The average molecular weight is 463 g/mol. The molecule has 3 rings (SSSR count). The minimum Gasteiger partial charge on any atom is -0.493 e. The molecule has 1 heterocycles. The van der Waals surface area contributed by atoms with E-state index in [1.807, 2.05) is 0 Å². The number of anilines is 1. The summed E-state index contributed by atoms with van der Waals surface area (Å²) < 4.78 is 15.4. The van der Waals surface area contributed by atoms with Gasteiger partial charge in [0.05, 0.1) is 39.4 Å². The van der Waals surface area contributed by atoms with Crippen LogP contribution in [0.5, 0.6) is 11.5 Å². The van der Waals surface area contributed by atoms with Gasteiger partial charge in [-0.2, -0.15) is 0 Å². The molecule has 3 aromatic rings. The van der Waals surface area contributed by atoms with E-state index in [1.54, 1.807) is 60.8 Å². The van der Waals surface area contributed by atoms with E-state index >= 15 is 0 Å². The van der Waals surface area contributed by atoms with E-state index in [0.29, 0.717) is 33.9 Å². The van der Waals surface area contributed by atoms with Crippen molar-refractivity contribution in [2.75, 3.05) is 26.6 Å². The summed E-state index contributed by atoms with van der Waals surface area (Å²) in [5.74, 6) is -0.283. The van der Waals surface area contributed by atoms with Crippen LogP contribution in [0.15, 0.2) is 67.0 Å². The number of esters is 1. The summed E-state index contributed by atoms with van der Waals surface area (Å²) in [4.78, 5) is 41.4. The first kappa shape index (κ1) is 24.2. The second kappa shape index (κ2) is 11.5. The summed E-state index contributed by atoms with van der Waals surface area (Å²) in [6.07, 6.45) is 2.94. The van der Waals surface area contributed by atoms with Crippen LogP contribution in [0.2, 0.25) is 0 Å². The van der Waals surface area contributed by atoms with Crippen LogP contribution in [0.3, 0.4) is 0 Å².